The summed E-state index contributed by atoms with van der Waals surface area (Å²) in [4.78, 5) is 37.0. The third kappa shape index (κ3) is 42.6. The van der Waals surface area contributed by atoms with Gasteiger partial charge in [0.05, 0.1) is 40.3 Å². The van der Waals surface area contributed by atoms with Gasteiger partial charge in [-0.15, -0.1) is 0 Å². The number of nitrogens with zero attached hydrogens (tertiary/aromatic N) is 1. The van der Waals surface area contributed by atoms with Crippen LogP contribution in [0.5, 0.6) is 0 Å². The van der Waals surface area contributed by atoms with Crippen molar-refractivity contribution in [1.29, 1.82) is 0 Å². The largest absolute Gasteiger partial charge is 0.544 e. The number of carbonyl (C=O) groups is 3. The summed E-state index contributed by atoms with van der Waals surface area (Å²) in [6.45, 7) is 4.65. The van der Waals surface area contributed by atoms with E-state index in [2.05, 4.69) is 50.3 Å². The smallest absolute Gasteiger partial charge is 0.306 e. The Kier molecular flexibility index (Phi) is 42.4. The van der Waals surface area contributed by atoms with Gasteiger partial charge in [0.25, 0.3) is 0 Å². The Morgan fingerprint density at radius 3 is 1.30 bits per heavy atom. The normalized spacial score (nSPS) is 13.1. The lowest BCUT2D eigenvalue weighted by atomic mass is 10.1. The molecule has 0 heterocycles. The number of rotatable bonds is 46. The molecule has 0 fully saturated rings. The van der Waals surface area contributed by atoms with Crippen LogP contribution in [0.3, 0.4) is 0 Å². The highest BCUT2D eigenvalue weighted by molar-refractivity contribution is 5.70. The minimum Gasteiger partial charge on any atom is -0.544 e. The second-order valence-corrected chi connectivity index (χ2v) is 18.4. The lowest BCUT2D eigenvalue weighted by Crippen LogP contribution is -2.55. The number of quaternary nitrogens is 1. The minimum absolute atomic E-state index is 0.0301. The number of likely N-dealkylation sites (N-methyl/N-ethyl adjacent to an activating group) is 1. The highest BCUT2D eigenvalue weighted by Crippen LogP contribution is 2.15. The first kappa shape index (κ1) is 58.6. The Labute approximate surface area is 376 Å². The molecule has 0 amide bonds. The van der Waals surface area contributed by atoms with E-state index in [0.717, 1.165) is 51.4 Å². The molecule has 0 aliphatic carbocycles. The SMILES string of the molecule is CCCCCCCCC/C=C/C=C/CCCCCC(=O)OC(COCCC(C(=O)[O-])[N+](C)(C)C)COC(=O)CCCCCCCCC/C=C/CCCCCCCCCCCC. The third-order valence-corrected chi connectivity index (χ3v) is 11.5. The van der Waals surface area contributed by atoms with Crippen molar-refractivity contribution < 1.29 is 38.2 Å². The molecule has 0 radical (unpaired) electrons. The Balaban J connectivity index is 4.27. The number of hydrogen-bond donors (Lipinski definition) is 0. The standard InChI is InChI=1S/C53H97NO7/c1-6-8-10-12-14-16-18-20-22-24-25-26-27-28-30-31-33-35-37-39-41-43-51(55)60-48-49(47-59-46-45-50(53(57)58)54(3,4)5)61-52(56)44-42-40-38-36-34-32-29-23-21-19-17-15-13-11-9-7-2/h23,26-27,29,32,34,49-50H,6-22,24-25,28,30-31,33,35-48H2,1-5H3/b27-26+,29-23+,34-32+. The molecule has 356 valence electrons. The van der Waals surface area contributed by atoms with Gasteiger partial charge in [-0.25, -0.2) is 0 Å². The van der Waals surface area contributed by atoms with E-state index in [0.29, 0.717) is 6.42 Å². The van der Waals surface area contributed by atoms with Crippen molar-refractivity contribution in [3.63, 3.8) is 0 Å². The predicted octanol–water partition coefficient (Wildman–Crippen LogP) is 13.3. The van der Waals surface area contributed by atoms with Crippen molar-refractivity contribution in [3.05, 3.63) is 36.5 Å². The molecule has 0 aromatic rings. The van der Waals surface area contributed by atoms with E-state index in [1.165, 1.54) is 148 Å². The highest BCUT2D eigenvalue weighted by Gasteiger charge is 2.25. The summed E-state index contributed by atoms with van der Waals surface area (Å²) >= 11 is 0. The molecule has 2 atom stereocenters. The lowest BCUT2D eigenvalue weighted by Gasteiger charge is -2.34. The van der Waals surface area contributed by atoms with Crippen LogP contribution in [0.2, 0.25) is 0 Å². The van der Waals surface area contributed by atoms with Gasteiger partial charge in [-0.1, -0.05) is 185 Å². The Bertz CT molecular complexity index is 1090. The summed E-state index contributed by atoms with van der Waals surface area (Å²) < 4.78 is 17.2. The zero-order chi connectivity index (χ0) is 44.9. The molecule has 0 saturated carbocycles. The molecule has 8 heteroatoms. The van der Waals surface area contributed by atoms with Crippen LogP contribution in [0.4, 0.5) is 0 Å². The molecule has 0 aliphatic heterocycles. The van der Waals surface area contributed by atoms with Crippen LogP contribution in [0.25, 0.3) is 0 Å². The molecule has 2 unspecified atom stereocenters. The van der Waals surface area contributed by atoms with E-state index in [4.69, 9.17) is 14.2 Å². The quantitative estimate of drug-likeness (QED) is 0.0197. The molecular formula is C53H97NO7. The molecule has 8 nitrogen and oxygen atoms in total. The predicted molar refractivity (Wildman–Crippen MR) is 254 cm³/mol. The molecule has 0 aromatic heterocycles. The number of carbonyl (C=O) groups excluding carboxylic acids is 3. The number of allylic oxidation sites excluding steroid dienone is 6. The Morgan fingerprint density at radius 2 is 0.869 bits per heavy atom. The summed E-state index contributed by atoms with van der Waals surface area (Å²) in [5, 5.41) is 11.7. The first-order valence-corrected chi connectivity index (χ1v) is 25.5. The molecule has 0 saturated heterocycles. The lowest BCUT2D eigenvalue weighted by molar-refractivity contribution is -0.889. The van der Waals surface area contributed by atoms with Crippen LogP contribution >= 0.6 is 0 Å². The third-order valence-electron chi connectivity index (χ3n) is 11.5. The number of ether oxygens (including phenoxy) is 3. The van der Waals surface area contributed by atoms with Crippen LogP contribution in [0, 0.1) is 0 Å². The second-order valence-electron chi connectivity index (χ2n) is 18.4. The summed E-state index contributed by atoms with van der Waals surface area (Å²) in [7, 11) is 5.41. The Hall–Kier alpha value is -2.45. The maximum atomic E-state index is 12.7. The van der Waals surface area contributed by atoms with Gasteiger partial charge in [0, 0.05) is 19.3 Å². The van der Waals surface area contributed by atoms with Crippen molar-refractivity contribution in [3.8, 4) is 0 Å². The fourth-order valence-electron chi connectivity index (χ4n) is 7.53. The zero-order valence-electron chi connectivity index (χ0n) is 40.6. The fourth-order valence-corrected chi connectivity index (χ4v) is 7.53. The van der Waals surface area contributed by atoms with Gasteiger partial charge >= 0.3 is 11.9 Å². The summed E-state index contributed by atoms with van der Waals surface area (Å²) in [6.07, 6.45) is 51.8. The van der Waals surface area contributed by atoms with Gasteiger partial charge in [0.15, 0.2) is 6.10 Å². The molecule has 0 N–H and O–H groups in total. The Morgan fingerprint density at radius 1 is 0.492 bits per heavy atom. The minimum atomic E-state index is -1.13. The van der Waals surface area contributed by atoms with Gasteiger partial charge in [-0.2, -0.15) is 0 Å². The van der Waals surface area contributed by atoms with E-state index >= 15 is 0 Å². The van der Waals surface area contributed by atoms with Gasteiger partial charge in [-0.05, 0) is 64.2 Å². The van der Waals surface area contributed by atoms with Crippen molar-refractivity contribution in [2.45, 2.75) is 244 Å². The topological polar surface area (TPSA) is 102 Å². The van der Waals surface area contributed by atoms with Crippen LogP contribution < -0.4 is 5.11 Å². The van der Waals surface area contributed by atoms with Gasteiger partial charge < -0.3 is 28.6 Å². The average molecular weight is 860 g/mol. The van der Waals surface area contributed by atoms with E-state index in [1.54, 1.807) is 21.1 Å². The summed E-state index contributed by atoms with van der Waals surface area (Å²) in [5.41, 5.74) is 0. The van der Waals surface area contributed by atoms with E-state index in [-0.39, 0.29) is 49.1 Å². The van der Waals surface area contributed by atoms with Crippen molar-refractivity contribution in [2.75, 3.05) is 41.0 Å². The molecular weight excluding hydrogens is 763 g/mol. The van der Waals surface area contributed by atoms with E-state index in [9.17, 15) is 19.5 Å². The molecule has 0 aromatic carbocycles. The molecule has 61 heavy (non-hydrogen) atoms. The van der Waals surface area contributed by atoms with Crippen LogP contribution in [0.1, 0.15) is 232 Å². The van der Waals surface area contributed by atoms with Gasteiger partial charge in [0.2, 0.25) is 0 Å². The average Bonchev–Trinajstić information content (AvgIpc) is 3.22. The van der Waals surface area contributed by atoms with Crippen molar-refractivity contribution in [1.82, 2.24) is 0 Å². The first-order valence-electron chi connectivity index (χ1n) is 25.5. The number of carboxylic acid groups (broad SMARTS) is 1. The van der Waals surface area contributed by atoms with Crippen LogP contribution in [0.15, 0.2) is 36.5 Å². The maximum Gasteiger partial charge on any atom is 0.306 e. The number of esters is 2. The summed E-state index contributed by atoms with van der Waals surface area (Å²) in [5.74, 6) is -1.77. The fraction of sp³-hybridized carbons (Fsp3) is 0.830. The van der Waals surface area contributed by atoms with Crippen molar-refractivity contribution in [2.24, 2.45) is 0 Å². The molecule has 0 bridgehead atoms. The van der Waals surface area contributed by atoms with E-state index < -0.39 is 18.1 Å². The van der Waals surface area contributed by atoms with Gasteiger partial charge in [-0.3, -0.25) is 9.59 Å². The first-order chi connectivity index (χ1) is 29.6. The second kappa shape index (κ2) is 44.2. The number of aliphatic carboxylic acids is 1. The monoisotopic (exact) mass is 860 g/mol. The number of unbranched alkanes of at least 4 members (excludes halogenated alkanes) is 27. The maximum absolute atomic E-state index is 12.7. The molecule has 0 aliphatic rings. The van der Waals surface area contributed by atoms with Crippen molar-refractivity contribution >= 4 is 17.9 Å². The zero-order valence-corrected chi connectivity index (χ0v) is 40.6. The highest BCUT2D eigenvalue weighted by atomic mass is 16.6. The molecule has 0 spiro atoms. The molecule has 0 rings (SSSR count). The number of carboxylic acids is 1. The van der Waals surface area contributed by atoms with Crippen LogP contribution in [-0.2, 0) is 28.6 Å². The summed E-state index contributed by atoms with van der Waals surface area (Å²) in [6, 6.07) is -0.731. The number of hydrogen-bond acceptors (Lipinski definition) is 7. The van der Waals surface area contributed by atoms with Gasteiger partial charge in [0.1, 0.15) is 12.6 Å². The van der Waals surface area contributed by atoms with E-state index in [1.807, 2.05) is 0 Å². The van der Waals surface area contributed by atoms with Crippen LogP contribution in [-0.4, -0.2) is 75.5 Å².